The van der Waals surface area contributed by atoms with Gasteiger partial charge in [-0.2, -0.15) is 0 Å². The van der Waals surface area contributed by atoms with Gasteiger partial charge in [-0.1, -0.05) is 68.4 Å². The topological polar surface area (TPSA) is 36.9 Å². The van der Waals surface area contributed by atoms with Crippen LogP contribution in [0.15, 0.2) is 158 Å². The van der Waals surface area contributed by atoms with E-state index in [4.69, 9.17) is 17.9 Å². The van der Waals surface area contributed by atoms with Crippen LogP contribution in [0.5, 0.6) is 11.5 Å². The number of fused-ring (bicyclic) bond motifs is 6. The Morgan fingerprint density at radius 3 is 1.62 bits per heavy atom. The molecule has 10 aromatic rings. The average Bonchev–Trinajstić information content (AvgIpc) is 1.59. The Balaban J connectivity index is 1.23. The molecule has 79 heavy (non-hydrogen) atoms. The Bertz CT molecular complexity index is 4600. The first kappa shape index (κ1) is 43.3. The summed E-state index contributed by atoms with van der Waals surface area (Å²) in [5.41, 5.74) is 9.19. The molecule has 0 unspecified atom stereocenters. The van der Waals surface area contributed by atoms with E-state index >= 15 is 0 Å². The monoisotopic (exact) mass is 1230 g/mol. The fourth-order valence-electron chi connectivity index (χ4n) is 11.9. The fourth-order valence-corrected chi connectivity index (χ4v) is 13.0. The first-order valence-corrected chi connectivity index (χ1v) is 28.7. The van der Waals surface area contributed by atoms with E-state index in [1.807, 2.05) is 61.9 Å². The number of hydrogen-bond donors (Lipinski definition) is 0. The molecule has 0 saturated heterocycles. The van der Waals surface area contributed by atoms with Gasteiger partial charge in [0.15, 0.2) is 0 Å². The van der Waals surface area contributed by atoms with Gasteiger partial charge in [0.05, 0.1) is 0 Å². The molecule has 408 valence electrons. The molecule has 0 saturated carbocycles. The molecular weight excluding hydrogens is 1140 g/mol. The van der Waals surface area contributed by atoms with Crippen LogP contribution in [0, 0.1) is 9.22 Å². The van der Waals surface area contributed by atoms with Crippen LogP contribution in [0.25, 0.3) is 72.3 Å². The van der Waals surface area contributed by atoms with Crippen molar-refractivity contribution in [2.75, 3.05) is 0 Å². The third-order valence-corrected chi connectivity index (χ3v) is 18.8. The molecule has 0 fully saturated rings. The molecule has 11 rings (SSSR count). The predicted octanol–water partition coefficient (Wildman–Crippen LogP) is 19.9. The van der Waals surface area contributed by atoms with E-state index in [0.29, 0.717) is 26.4 Å². The summed E-state index contributed by atoms with van der Waals surface area (Å²) in [5, 5.41) is 2.22. The van der Waals surface area contributed by atoms with Gasteiger partial charge < -0.3 is 0 Å². The van der Waals surface area contributed by atoms with Crippen LogP contribution in [-0.4, -0.2) is 18.7 Å². The SMILES string of the molecule is [2H]c1c([2H])c([2H])c(-c2cc(C(C)(C)C)cc(-c3c([2H])c([2H])c([2H])c([2H])c3[2H])c2-n2[c](=[Pt])n(-c3cc(Oc4ccc5c6ccc7c(c6n(-c6cc(C(C)(C)C)ccn6)c5c4)C(C)(C)C(C)(C)C7(C)C)cc(C(C)(C)C)c3)c3cc(C(C)(C)C)ccc32)c([2H])c1[2H]. The normalized spacial score (nSPS) is 17.1. The number of ether oxygens (including phenoxy) is 1. The Morgan fingerprint density at radius 2 is 1.04 bits per heavy atom. The fraction of sp³-hybridized carbons (Fsp3) is 0.342. The van der Waals surface area contributed by atoms with Crippen LogP contribution in [0.3, 0.4) is 0 Å². The van der Waals surface area contributed by atoms with Crippen molar-refractivity contribution in [3.05, 3.63) is 195 Å². The van der Waals surface area contributed by atoms with Gasteiger partial charge in [-0.15, -0.1) is 0 Å². The van der Waals surface area contributed by atoms with Crippen molar-refractivity contribution in [3.63, 3.8) is 0 Å². The zero-order valence-electron chi connectivity index (χ0n) is 59.3. The summed E-state index contributed by atoms with van der Waals surface area (Å²) < 4.78 is 106. The molecule has 0 atom stereocenters. The maximum atomic E-state index is 9.53. The van der Waals surface area contributed by atoms with E-state index < -0.39 is 71.3 Å². The van der Waals surface area contributed by atoms with Crippen molar-refractivity contribution in [1.29, 1.82) is 0 Å². The van der Waals surface area contributed by atoms with Crippen LogP contribution >= 0.6 is 0 Å². The number of hydrogen-bond acceptors (Lipinski definition) is 2. The van der Waals surface area contributed by atoms with Crippen LogP contribution in [-0.2, 0) is 51.8 Å². The molecule has 0 radical (unpaired) electrons. The van der Waals surface area contributed by atoms with Crippen LogP contribution in [0.2, 0.25) is 0 Å². The summed E-state index contributed by atoms with van der Waals surface area (Å²) in [7, 11) is 0. The third kappa shape index (κ3) is 8.93. The second-order valence-electron chi connectivity index (χ2n) is 27.5. The molecule has 0 spiro atoms. The minimum atomic E-state index is -0.652. The molecule has 0 N–H and O–H groups in total. The molecule has 0 amide bonds. The van der Waals surface area contributed by atoms with Gasteiger partial charge in [0.25, 0.3) is 0 Å². The summed E-state index contributed by atoms with van der Waals surface area (Å²) >= 11 is 2.28. The molecule has 3 aromatic heterocycles. The zero-order valence-corrected chi connectivity index (χ0v) is 51.5. The predicted molar refractivity (Wildman–Crippen MR) is 330 cm³/mol. The molecule has 3 heterocycles. The Morgan fingerprint density at radius 1 is 0.481 bits per heavy atom. The Labute approximate surface area is 495 Å². The van der Waals surface area contributed by atoms with Crippen LogP contribution < -0.4 is 4.74 Å². The van der Waals surface area contributed by atoms with Gasteiger partial charge >= 0.3 is 384 Å². The van der Waals surface area contributed by atoms with Crippen molar-refractivity contribution < 1.29 is 37.8 Å². The number of pyridine rings is 1. The Hall–Kier alpha value is -6.55. The summed E-state index contributed by atoms with van der Waals surface area (Å²) in [6.07, 6.45) is 1.92. The van der Waals surface area contributed by atoms with E-state index in [2.05, 4.69) is 193 Å². The molecule has 5 nitrogen and oxygen atoms in total. The first-order chi connectivity index (χ1) is 41.0. The third-order valence-electron chi connectivity index (χ3n) is 17.8. The van der Waals surface area contributed by atoms with Gasteiger partial charge in [-0.3, -0.25) is 0 Å². The quantitative estimate of drug-likeness (QED) is 0.159. The Kier molecular flexibility index (Phi) is 10.1. The molecule has 6 heteroatoms. The van der Waals surface area contributed by atoms with Crippen molar-refractivity contribution in [3.8, 4) is 50.9 Å². The molecule has 1 aliphatic carbocycles. The van der Waals surface area contributed by atoms with Crippen LogP contribution in [0.1, 0.15) is 172 Å². The molecular formula is C73H80N4OPt. The number of rotatable bonds is 7. The molecule has 0 bridgehead atoms. The van der Waals surface area contributed by atoms with Crippen molar-refractivity contribution in [1.82, 2.24) is 18.7 Å². The minimum absolute atomic E-state index is 0.0959. The van der Waals surface area contributed by atoms with Crippen molar-refractivity contribution >= 4 is 32.8 Å². The molecule has 1 aliphatic rings. The number of aromatic nitrogens is 4. The van der Waals surface area contributed by atoms with E-state index in [9.17, 15) is 5.48 Å². The van der Waals surface area contributed by atoms with E-state index in [1.165, 1.54) is 16.7 Å². The maximum absolute atomic E-state index is 9.53. The summed E-state index contributed by atoms with van der Waals surface area (Å²) in [6, 6.07) is 26.4. The summed E-state index contributed by atoms with van der Waals surface area (Å²) in [6.45, 7) is 39.8. The second kappa shape index (κ2) is 18.5. The summed E-state index contributed by atoms with van der Waals surface area (Å²) in [4.78, 5) is 5.15. The van der Waals surface area contributed by atoms with Crippen LogP contribution in [0.4, 0.5) is 0 Å². The van der Waals surface area contributed by atoms with E-state index in [-0.39, 0.29) is 55.0 Å². The van der Waals surface area contributed by atoms with Crippen molar-refractivity contribution in [2.45, 2.75) is 157 Å². The van der Waals surface area contributed by atoms with Gasteiger partial charge in [-0.05, 0) is 38.9 Å². The van der Waals surface area contributed by atoms with Gasteiger partial charge in [0.2, 0.25) is 0 Å². The number of imidazole rings is 1. The van der Waals surface area contributed by atoms with Gasteiger partial charge in [0, 0.05) is 6.20 Å². The first-order valence-electron chi connectivity index (χ1n) is 32.5. The van der Waals surface area contributed by atoms with Crippen molar-refractivity contribution in [2.24, 2.45) is 5.41 Å². The number of nitrogens with zero attached hydrogens (tertiary/aromatic N) is 4. The zero-order chi connectivity index (χ0) is 65.4. The molecule has 7 aromatic carbocycles. The average molecular weight is 1230 g/mol. The van der Waals surface area contributed by atoms with Gasteiger partial charge in [-0.25, -0.2) is 0 Å². The standard InChI is InChI=1S/C73H80N4O.Pt/c1-67(2,3)48-29-34-60-62(41-48)75(45-76(60)65-57(46-25-21-19-22-26-46)39-51(70(10,11)12)40-58(65)47-27-23-20-24-28-47)52-37-50(69(7,8)9)38-54(43-52)78-53-30-31-55-56-32-33-59-64(72(15,16)73(17,18)71(59,13)14)66(56)77(61(55)44-53)63-42-49(35-36-74-63)68(4,5)6;/h19-44H,1-18H3;/i19D,20D,21D,22D,23D,24D,25D,26D,27D,28D;. The number of benzene rings is 7. The second-order valence-corrected chi connectivity index (χ2v) is 28.5. The summed E-state index contributed by atoms with van der Waals surface area (Å²) in [5.74, 6) is 2.01. The van der Waals surface area contributed by atoms with E-state index in [0.717, 1.165) is 50.0 Å². The van der Waals surface area contributed by atoms with E-state index in [1.54, 1.807) is 0 Å². The van der Waals surface area contributed by atoms with Gasteiger partial charge in [0.1, 0.15) is 0 Å². The molecule has 0 aliphatic heterocycles.